The molecule has 0 spiro atoms. The van der Waals surface area contributed by atoms with Crippen LogP contribution in [0.3, 0.4) is 0 Å². The van der Waals surface area contributed by atoms with Crippen LogP contribution >= 0.6 is 0 Å². The Morgan fingerprint density at radius 1 is 1.09 bits per heavy atom. The van der Waals surface area contributed by atoms with Gasteiger partial charge < -0.3 is 9.53 Å². The number of aliphatic hydroxyl groups is 1. The van der Waals surface area contributed by atoms with E-state index in [4.69, 9.17) is 4.43 Å². The van der Waals surface area contributed by atoms with Crippen LogP contribution in [-0.4, -0.2) is 18.4 Å². The third-order valence-electron chi connectivity index (χ3n) is 4.35. The van der Waals surface area contributed by atoms with Crippen molar-refractivity contribution >= 4 is 8.32 Å². The smallest absolute Gasteiger partial charge is 0.250 e. The highest BCUT2D eigenvalue weighted by molar-refractivity contribution is 6.74. The van der Waals surface area contributed by atoms with E-state index in [2.05, 4.69) is 38.8 Å². The first-order valence-corrected chi connectivity index (χ1v) is 10.5. The third kappa shape index (κ3) is 3.75. The van der Waals surface area contributed by atoms with Crippen molar-refractivity contribution in [2.75, 3.05) is 0 Å². The van der Waals surface area contributed by atoms with Crippen molar-refractivity contribution in [3.63, 3.8) is 0 Å². The Hall–Kier alpha value is -1.65. The normalized spacial score (nSPS) is 13.7. The lowest BCUT2D eigenvalue weighted by molar-refractivity contribution is 0.219. The average molecular weight is 315 g/mol. The fourth-order valence-corrected chi connectivity index (χ4v) is 2.95. The standard InChI is InChI=1S/C18H25NO2Si/c1-18(2,3)22(4,5)21-16-10-6-8-14(12-16)17(20)15-9-7-11-19-13-15/h6-13,17,20H,1-5H3. The van der Waals surface area contributed by atoms with E-state index in [1.165, 1.54) is 0 Å². The van der Waals surface area contributed by atoms with Crippen molar-refractivity contribution in [2.24, 2.45) is 0 Å². The Labute approximate surface area is 134 Å². The number of rotatable bonds is 4. The SMILES string of the molecule is CC(C)(C)[Si](C)(C)Oc1cccc(C(O)c2cccnc2)c1. The van der Waals surface area contributed by atoms with Gasteiger partial charge in [0.25, 0.3) is 0 Å². The summed E-state index contributed by atoms with van der Waals surface area (Å²) < 4.78 is 6.31. The monoisotopic (exact) mass is 315 g/mol. The predicted molar refractivity (Wildman–Crippen MR) is 92.6 cm³/mol. The Balaban J connectivity index is 2.24. The lowest BCUT2D eigenvalue weighted by Crippen LogP contribution is -2.43. The van der Waals surface area contributed by atoms with Crippen molar-refractivity contribution < 1.29 is 9.53 Å². The number of hydrogen-bond donors (Lipinski definition) is 1. The van der Waals surface area contributed by atoms with Gasteiger partial charge in [-0.25, -0.2) is 0 Å². The molecule has 0 amide bonds. The van der Waals surface area contributed by atoms with Gasteiger partial charge in [-0.2, -0.15) is 0 Å². The molecule has 3 nitrogen and oxygen atoms in total. The molecule has 0 bridgehead atoms. The molecule has 1 unspecified atom stereocenters. The Bertz CT molecular complexity index is 620. The highest BCUT2D eigenvalue weighted by atomic mass is 28.4. The molecule has 1 atom stereocenters. The average Bonchev–Trinajstić information content (AvgIpc) is 2.46. The number of nitrogens with zero attached hydrogens (tertiary/aromatic N) is 1. The van der Waals surface area contributed by atoms with E-state index >= 15 is 0 Å². The van der Waals surface area contributed by atoms with Crippen molar-refractivity contribution in [3.8, 4) is 5.75 Å². The summed E-state index contributed by atoms with van der Waals surface area (Å²) in [5.74, 6) is 0.826. The van der Waals surface area contributed by atoms with Crippen LogP contribution in [0, 0.1) is 0 Å². The molecule has 0 saturated carbocycles. The summed E-state index contributed by atoms with van der Waals surface area (Å²) >= 11 is 0. The second-order valence-corrected chi connectivity index (χ2v) is 11.8. The van der Waals surface area contributed by atoms with Gasteiger partial charge in [-0.3, -0.25) is 4.98 Å². The topological polar surface area (TPSA) is 42.4 Å². The molecule has 0 radical (unpaired) electrons. The second-order valence-electron chi connectivity index (χ2n) is 7.12. The van der Waals surface area contributed by atoms with Crippen molar-refractivity contribution in [2.45, 2.75) is 45.0 Å². The molecule has 22 heavy (non-hydrogen) atoms. The first kappa shape index (κ1) is 16.7. The Kier molecular flexibility index (Phi) is 4.73. The highest BCUT2D eigenvalue weighted by Crippen LogP contribution is 2.37. The zero-order valence-electron chi connectivity index (χ0n) is 14.0. The maximum Gasteiger partial charge on any atom is 0.250 e. The third-order valence-corrected chi connectivity index (χ3v) is 8.71. The molecular formula is C18H25NO2Si. The summed E-state index contributed by atoms with van der Waals surface area (Å²) in [6.07, 6.45) is 2.70. The molecule has 1 heterocycles. The fraction of sp³-hybridized carbons (Fsp3) is 0.389. The van der Waals surface area contributed by atoms with Crippen LogP contribution in [0.25, 0.3) is 0 Å². The summed E-state index contributed by atoms with van der Waals surface area (Å²) in [5.41, 5.74) is 1.61. The Morgan fingerprint density at radius 2 is 1.77 bits per heavy atom. The van der Waals surface area contributed by atoms with Gasteiger partial charge in [-0.1, -0.05) is 39.0 Å². The number of aliphatic hydroxyl groups excluding tert-OH is 1. The Morgan fingerprint density at radius 3 is 2.36 bits per heavy atom. The van der Waals surface area contributed by atoms with E-state index in [-0.39, 0.29) is 5.04 Å². The quantitative estimate of drug-likeness (QED) is 0.842. The largest absolute Gasteiger partial charge is 0.543 e. The van der Waals surface area contributed by atoms with Gasteiger partial charge >= 0.3 is 0 Å². The van der Waals surface area contributed by atoms with Gasteiger partial charge in [-0.05, 0) is 41.9 Å². The van der Waals surface area contributed by atoms with E-state index in [1.54, 1.807) is 12.4 Å². The molecule has 1 N–H and O–H groups in total. The second kappa shape index (κ2) is 6.22. The van der Waals surface area contributed by atoms with Gasteiger partial charge in [-0.15, -0.1) is 0 Å². The van der Waals surface area contributed by atoms with Gasteiger partial charge in [0, 0.05) is 18.0 Å². The molecule has 2 rings (SSSR count). The molecular weight excluding hydrogens is 290 g/mol. The number of aromatic nitrogens is 1. The van der Waals surface area contributed by atoms with E-state index in [0.717, 1.165) is 16.9 Å². The van der Waals surface area contributed by atoms with Gasteiger partial charge in [0.15, 0.2) is 0 Å². The lowest BCUT2D eigenvalue weighted by Gasteiger charge is -2.36. The maximum atomic E-state index is 10.5. The summed E-state index contributed by atoms with van der Waals surface area (Å²) in [6, 6.07) is 11.4. The number of hydrogen-bond acceptors (Lipinski definition) is 3. The molecule has 1 aromatic heterocycles. The van der Waals surface area contributed by atoms with Crippen molar-refractivity contribution in [3.05, 3.63) is 59.9 Å². The summed E-state index contributed by atoms with van der Waals surface area (Å²) in [5, 5.41) is 10.6. The van der Waals surface area contributed by atoms with Gasteiger partial charge in [0.1, 0.15) is 11.9 Å². The molecule has 1 aromatic carbocycles. The van der Waals surface area contributed by atoms with Crippen molar-refractivity contribution in [1.29, 1.82) is 0 Å². The first-order chi connectivity index (χ1) is 10.2. The summed E-state index contributed by atoms with van der Waals surface area (Å²) in [6.45, 7) is 11.1. The van der Waals surface area contributed by atoms with Crippen LogP contribution in [0.1, 0.15) is 38.0 Å². The maximum absolute atomic E-state index is 10.5. The van der Waals surface area contributed by atoms with Crippen LogP contribution < -0.4 is 4.43 Å². The number of pyridine rings is 1. The predicted octanol–water partition coefficient (Wildman–Crippen LogP) is 4.55. The van der Waals surface area contributed by atoms with Crippen LogP contribution in [0.4, 0.5) is 0 Å². The van der Waals surface area contributed by atoms with Crippen LogP contribution in [-0.2, 0) is 0 Å². The minimum absolute atomic E-state index is 0.144. The van der Waals surface area contributed by atoms with Gasteiger partial charge in [0.05, 0.1) is 0 Å². The van der Waals surface area contributed by atoms with E-state index in [0.29, 0.717) is 0 Å². The minimum atomic E-state index is -1.88. The highest BCUT2D eigenvalue weighted by Gasteiger charge is 2.39. The van der Waals surface area contributed by atoms with Crippen LogP contribution in [0.5, 0.6) is 5.75 Å². The lowest BCUT2D eigenvalue weighted by atomic mass is 10.0. The number of benzene rings is 1. The van der Waals surface area contributed by atoms with E-state index < -0.39 is 14.4 Å². The molecule has 118 valence electrons. The minimum Gasteiger partial charge on any atom is -0.543 e. The van der Waals surface area contributed by atoms with Gasteiger partial charge in [0.2, 0.25) is 8.32 Å². The first-order valence-electron chi connectivity index (χ1n) is 7.58. The van der Waals surface area contributed by atoms with E-state index in [9.17, 15) is 5.11 Å². The fourth-order valence-electron chi connectivity index (χ4n) is 1.93. The molecule has 2 aromatic rings. The molecule has 0 aliphatic heterocycles. The molecule has 0 aliphatic rings. The van der Waals surface area contributed by atoms with Crippen LogP contribution in [0.15, 0.2) is 48.8 Å². The van der Waals surface area contributed by atoms with Crippen LogP contribution in [0.2, 0.25) is 18.1 Å². The molecule has 4 heteroatoms. The summed E-state index contributed by atoms with van der Waals surface area (Å²) in [4.78, 5) is 4.06. The molecule has 0 fully saturated rings. The summed E-state index contributed by atoms with van der Waals surface area (Å²) in [7, 11) is -1.88. The van der Waals surface area contributed by atoms with Crippen molar-refractivity contribution in [1.82, 2.24) is 4.98 Å². The molecule has 0 saturated heterocycles. The zero-order valence-corrected chi connectivity index (χ0v) is 15.0. The zero-order chi connectivity index (χ0) is 16.4. The molecule has 0 aliphatic carbocycles. The van der Waals surface area contributed by atoms with E-state index in [1.807, 2.05) is 36.4 Å².